The Morgan fingerprint density at radius 3 is 2.85 bits per heavy atom. The summed E-state index contributed by atoms with van der Waals surface area (Å²) in [6.45, 7) is 4.43. The summed E-state index contributed by atoms with van der Waals surface area (Å²) in [5, 5.41) is 3.02. The molecule has 136 valence electrons. The first-order valence-corrected chi connectivity index (χ1v) is 8.93. The highest BCUT2D eigenvalue weighted by Crippen LogP contribution is 2.35. The summed E-state index contributed by atoms with van der Waals surface area (Å²) in [4.78, 5) is 22.9. The number of likely N-dealkylation sites (tertiary alicyclic amines) is 1. The quantitative estimate of drug-likeness (QED) is 0.897. The van der Waals surface area contributed by atoms with Gasteiger partial charge in [-0.05, 0) is 37.5 Å². The van der Waals surface area contributed by atoms with Gasteiger partial charge in [-0.3, -0.25) is 0 Å². The highest BCUT2D eigenvalue weighted by molar-refractivity contribution is 5.90. The van der Waals surface area contributed by atoms with E-state index in [1.165, 1.54) is 0 Å². The fraction of sp³-hybridized carbons (Fsp3) is 0.421. The number of rotatable bonds is 2. The van der Waals surface area contributed by atoms with Crippen molar-refractivity contribution in [3.63, 3.8) is 0 Å². The van der Waals surface area contributed by atoms with Crippen LogP contribution in [-0.2, 0) is 0 Å². The van der Waals surface area contributed by atoms with Gasteiger partial charge in [0.2, 0.25) is 0 Å². The number of hydrogen-bond donors (Lipinski definition) is 1. The summed E-state index contributed by atoms with van der Waals surface area (Å²) < 4.78 is 11.2. The lowest BCUT2D eigenvalue weighted by atomic mass is 9.95. The Morgan fingerprint density at radius 1 is 1.27 bits per heavy atom. The van der Waals surface area contributed by atoms with Gasteiger partial charge in [0.1, 0.15) is 19.5 Å². The fourth-order valence-corrected chi connectivity index (χ4v) is 3.46. The van der Waals surface area contributed by atoms with Gasteiger partial charge in [-0.2, -0.15) is 0 Å². The molecule has 7 heteroatoms. The van der Waals surface area contributed by atoms with E-state index in [1.807, 2.05) is 30.0 Å². The molecule has 1 saturated heterocycles. The molecule has 0 saturated carbocycles. The van der Waals surface area contributed by atoms with Crippen LogP contribution in [0.15, 0.2) is 30.7 Å². The molecule has 2 aromatic rings. The lowest BCUT2D eigenvalue weighted by Gasteiger charge is -2.32. The molecule has 2 aliphatic heterocycles. The number of nitrogens with one attached hydrogen (secondary N) is 1. The van der Waals surface area contributed by atoms with Gasteiger partial charge >= 0.3 is 6.03 Å². The Balaban J connectivity index is 1.46. The van der Waals surface area contributed by atoms with Gasteiger partial charge in [-0.15, -0.1) is 0 Å². The summed E-state index contributed by atoms with van der Waals surface area (Å²) in [7, 11) is 0. The van der Waals surface area contributed by atoms with Crippen LogP contribution in [0, 0.1) is 6.92 Å². The molecule has 2 aliphatic rings. The SMILES string of the molecule is Cc1cc2c(cc1NC(=O)N1CCC[C@@H](c3ccncn3)C1)OCCO2. The Hall–Kier alpha value is -2.83. The van der Waals surface area contributed by atoms with Gasteiger partial charge in [-0.25, -0.2) is 14.8 Å². The maximum absolute atomic E-state index is 12.8. The van der Waals surface area contributed by atoms with Crippen molar-refractivity contribution in [3.05, 3.63) is 42.0 Å². The first-order chi connectivity index (χ1) is 12.7. The van der Waals surface area contributed by atoms with E-state index in [1.54, 1.807) is 12.5 Å². The molecule has 0 bridgehead atoms. The van der Waals surface area contributed by atoms with Crippen molar-refractivity contribution < 1.29 is 14.3 Å². The molecule has 7 nitrogen and oxygen atoms in total. The number of hydrogen-bond acceptors (Lipinski definition) is 5. The number of anilines is 1. The Bertz CT molecular complexity index is 797. The Kier molecular flexibility index (Phi) is 4.60. The standard InChI is InChI=1S/C19H22N4O3/c1-13-9-17-18(26-8-7-25-17)10-16(13)22-19(24)23-6-2-3-14(11-23)15-4-5-20-12-21-15/h4-5,9-10,12,14H,2-3,6-8,11H2,1H3,(H,22,24)/t14-/m1/s1. The lowest BCUT2D eigenvalue weighted by Crippen LogP contribution is -2.41. The summed E-state index contributed by atoms with van der Waals surface area (Å²) >= 11 is 0. The van der Waals surface area contributed by atoms with Crippen LogP contribution in [0.4, 0.5) is 10.5 Å². The molecular weight excluding hydrogens is 332 g/mol. The maximum Gasteiger partial charge on any atom is 0.321 e. The van der Waals surface area contributed by atoms with Gasteiger partial charge < -0.3 is 19.7 Å². The molecule has 1 N–H and O–H groups in total. The largest absolute Gasteiger partial charge is 0.486 e. The molecule has 26 heavy (non-hydrogen) atoms. The van der Waals surface area contributed by atoms with E-state index < -0.39 is 0 Å². The molecular formula is C19H22N4O3. The molecule has 4 rings (SSSR count). The molecule has 3 heterocycles. The number of benzene rings is 1. The van der Waals surface area contributed by atoms with Crippen LogP contribution in [0.1, 0.15) is 30.0 Å². The van der Waals surface area contributed by atoms with Crippen LogP contribution in [0.3, 0.4) is 0 Å². The molecule has 1 fully saturated rings. The maximum atomic E-state index is 12.8. The minimum absolute atomic E-state index is 0.0940. The monoisotopic (exact) mass is 354 g/mol. The molecule has 1 atom stereocenters. The molecule has 0 unspecified atom stereocenters. The number of piperidine rings is 1. The molecule has 0 aliphatic carbocycles. The van der Waals surface area contributed by atoms with Crippen molar-refractivity contribution in [1.29, 1.82) is 0 Å². The van der Waals surface area contributed by atoms with Crippen molar-refractivity contribution in [1.82, 2.24) is 14.9 Å². The van der Waals surface area contributed by atoms with E-state index in [0.717, 1.165) is 42.1 Å². The van der Waals surface area contributed by atoms with Crippen LogP contribution in [0.2, 0.25) is 0 Å². The number of carbonyl (C=O) groups is 1. The zero-order valence-corrected chi connectivity index (χ0v) is 14.8. The van der Waals surface area contributed by atoms with Crippen molar-refractivity contribution in [2.45, 2.75) is 25.7 Å². The van der Waals surface area contributed by atoms with Crippen molar-refractivity contribution >= 4 is 11.7 Å². The number of fused-ring (bicyclic) bond motifs is 1. The highest BCUT2D eigenvalue weighted by Gasteiger charge is 2.26. The zero-order chi connectivity index (χ0) is 17.9. The topological polar surface area (TPSA) is 76.6 Å². The molecule has 1 aromatic heterocycles. The van der Waals surface area contributed by atoms with Crippen LogP contribution in [-0.4, -0.2) is 47.2 Å². The van der Waals surface area contributed by atoms with Crippen LogP contribution >= 0.6 is 0 Å². The van der Waals surface area contributed by atoms with Crippen LogP contribution < -0.4 is 14.8 Å². The fourth-order valence-electron chi connectivity index (χ4n) is 3.46. The Morgan fingerprint density at radius 2 is 2.08 bits per heavy atom. The number of ether oxygens (including phenoxy) is 2. The lowest BCUT2D eigenvalue weighted by molar-refractivity contribution is 0.171. The first kappa shape index (κ1) is 16.6. The molecule has 1 aromatic carbocycles. The predicted molar refractivity (Wildman–Crippen MR) is 96.8 cm³/mol. The average molecular weight is 354 g/mol. The molecule has 0 radical (unpaired) electrons. The normalized spacial score (nSPS) is 19.1. The van der Waals surface area contributed by atoms with Gasteiger partial charge in [0.25, 0.3) is 0 Å². The summed E-state index contributed by atoms with van der Waals surface area (Å²) in [6.07, 6.45) is 5.30. The predicted octanol–water partition coefficient (Wildman–Crippen LogP) is 2.97. The third kappa shape index (κ3) is 3.42. The zero-order valence-electron chi connectivity index (χ0n) is 14.8. The van der Waals surface area contributed by atoms with E-state index in [4.69, 9.17) is 9.47 Å². The first-order valence-electron chi connectivity index (χ1n) is 8.93. The third-order valence-electron chi connectivity index (χ3n) is 4.86. The van der Waals surface area contributed by atoms with Crippen LogP contribution in [0.25, 0.3) is 0 Å². The summed E-state index contributed by atoms with van der Waals surface area (Å²) in [5.41, 5.74) is 2.70. The number of urea groups is 1. The highest BCUT2D eigenvalue weighted by atomic mass is 16.6. The molecule has 2 amide bonds. The van der Waals surface area contributed by atoms with Crippen molar-refractivity contribution in [2.75, 3.05) is 31.6 Å². The van der Waals surface area contributed by atoms with Crippen LogP contribution in [0.5, 0.6) is 11.5 Å². The third-order valence-corrected chi connectivity index (χ3v) is 4.86. The van der Waals surface area contributed by atoms with Gasteiger partial charge in [0.05, 0.1) is 0 Å². The second kappa shape index (κ2) is 7.19. The minimum atomic E-state index is -0.0940. The Labute approximate surface area is 152 Å². The second-order valence-electron chi connectivity index (χ2n) is 6.66. The molecule has 0 spiro atoms. The second-order valence-corrected chi connectivity index (χ2v) is 6.66. The number of nitrogens with zero attached hydrogens (tertiary/aromatic N) is 3. The number of amides is 2. The van der Waals surface area contributed by atoms with Crippen molar-refractivity contribution in [2.24, 2.45) is 0 Å². The smallest absolute Gasteiger partial charge is 0.321 e. The average Bonchev–Trinajstić information content (AvgIpc) is 2.69. The minimum Gasteiger partial charge on any atom is -0.486 e. The van der Waals surface area contributed by atoms with Crippen molar-refractivity contribution in [3.8, 4) is 11.5 Å². The number of aromatic nitrogens is 2. The number of carbonyl (C=O) groups excluding carboxylic acids is 1. The van der Waals surface area contributed by atoms with E-state index in [0.29, 0.717) is 25.5 Å². The van der Waals surface area contributed by atoms with E-state index in [2.05, 4.69) is 15.3 Å². The summed E-state index contributed by atoms with van der Waals surface area (Å²) in [5.74, 6) is 1.65. The van der Waals surface area contributed by atoms with E-state index >= 15 is 0 Å². The van der Waals surface area contributed by atoms with Gasteiger partial charge in [-0.1, -0.05) is 0 Å². The van der Waals surface area contributed by atoms with E-state index in [-0.39, 0.29) is 11.9 Å². The van der Waals surface area contributed by atoms with Gasteiger partial charge in [0, 0.05) is 42.7 Å². The summed E-state index contributed by atoms with van der Waals surface area (Å²) in [6, 6.07) is 5.58. The number of aryl methyl sites for hydroxylation is 1. The van der Waals surface area contributed by atoms with E-state index in [9.17, 15) is 4.79 Å². The van der Waals surface area contributed by atoms with Gasteiger partial charge in [0.15, 0.2) is 11.5 Å².